The number of halogens is 1. The van der Waals surface area contributed by atoms with Gasteiger partial charge < -0.3 is 20.1 Å². The Hall–Kier alpha value is -3.17. The summed E-state index contributed by atoms with van der Waals surface area (Å²) in [7, 11) is 1.51. The van der Waals surface area contributed by atoms with Crippen LogP contribution >= 0.6 is 11.6 Å². The number of anilines is 1. The Labute approximate surface area is 178 Å². The number of nitrogens with one attached hydrogen (secondary N) is 2. The van der Waals surface area contributed by atoms with Crippen LogP contribution in [0.15, 0.2) is 42.5 Å². The molecule has 0 aliphatic carbocycles. The Balaban J connectivity index is 2.08. The van der Waals surface area contributed by atoms with Gasteiger partial charge in [-0.1, -0.05) is 25.4 Å². The molecule has 0 aliphatic heterocycles. The van der Waals surface area contributed by atoms with Crippen LogP contribution in [0.2, 0.25) is 5.02 Å². The molecule has 0 radical (unpaired) electrons. The summed E-state index contributed by atoms with van der Waals surface area (Å²) in [5, 5.41) is 16.1. The SMILES string of the molecule is COCOc1ccc(NC(=O)[C@H](NC(=O)c2ccc([N+](=O)[O-])cc2Cl)C(C)C)cc1. The van der Waals surface area contributed by atoms with E-state index < -0.39 is 22.8 Å². The maximum Gasteiger partial charge on any atom is 0.270 e. The Morgan fingerprint density at radius 3 is 2.37 bits per heavy atom. The van der Waals surface area contributed by atoms with Crippen molar-refractivity contribution >= 4 is 34.8 Å². The summed E-state index contributed by atoms with van der Waals surface area (Å²) in [6.45, 7) is 3.67. The second kappa shape index (κ2) is 10.6. The number of hydrogen-bond donors (Lipinski definition) is 2. The number of rotatable bonds is 9. The van der Waals surface area contributed by atoms with Crippen LogP contribution < -0.4 is 15.4 Å². The van der Waals surface area contributed by atoms with Gasteiger partial charge in [-0.25, -0.2) is 0 Å². The molecule has 9 nitrogen and oxygen atoms in total. The Bertz CT molecular complexity index is 917. The normalized spacial score (nSPS) is 11.6. The van der Waals surface area contributed by atoms with Gasteiger partial charge in [0.25, 0.3) is 11.6 Å². The van der Waals surface area contributed by atoms with E-state index in [-0.39, 0.29) is 29.0 Å². The third-order valence-corrected chi connectivity index (χ3v) is 4.42. The van der Waals surface area contributed by atoms with Gasteiger partial charge in [0, 0.05) is 24.9 Å². The summed E-state index contributed by atoms with van der Waals surface area (Å²) in [5.74, 6) is -0.666. The van der Waals surface area contributed by atoms with Crippen molar-refractivity contribution in [3.63, 3.8) is 0 Å². The first-order chi connectivity index (χ1) is 14.2. The van der Waals surface area contributed by atoms with Gasteiger partial charge in [0.05, 0.1) is 15.5 Å². The molecule has 0 fully saturated rings. The quantitative estimate of drug-likeness (QED) is 0.352. The fourth-order valence-corrected chi connectivity index (χ4v) is 2.80. The lowest BCUT2D eigenvalue weighted by Gasteiger charge is -2.22. The lowest BCUT2D eigenvalue weighted by molar-refractivity contribution is -0.384. The standard InChI is InChI=1S/C20H22ClN3O6/c1-12(2)18(20(26)22-13-4-7-15(8-5-13)30-11-29-3)23-19(25)16-9-6-14(24(27)28)10-17(16)21/h4-10,12,18H,11H2,1-3H3,(H,22,26)(H,23,25)/t18-/m1/s1. The van der Waals surface area contributed by atoms with Gasteiger partial charge in [-0.2, -0.15) is 0 Å². The van der Waals surface area contributed by atoms with Crippen LogP contribution in [0.3, 0.4) is 0 Å². The molecule has 0 aromatic heterocycles. The van der Waals surface area contributed by atoms with E-state index in [9.17, 15) is 19.7 Å². The van der Waals surface area contributed by atoms with E-state index in [0.29, 0.717) is 11.4 Å². The number of carbonyl (C=O) groups is 2. The zero-order valence-electron chi connectivity index (χ0n) is 16.7. The van der Waals surface area contributed by atoms with E-state index in [1.165, 1.54) is 19.2 Å². The highest BCUT2D eigenvalue weighted by Crippen LogP contribution is 2.23. The highest BCUT2D eigenvalue weighted by Gasteiger charge is 2.26. The van der Waals surface area contributed by atoms with Crippen LogP contribution in [0.5, 0.6) is 5.75 Å². The molecular weight excluding hydrogens is 414 g/mol. The molecule has 2 N–H and O–H groups in total. The predicted octanol–water partition coefficient (Wildman–Crippen LogP) is 3.62. The molecule has 2 rings (SSSR count). The number of nitro benzene ring substituents is 1. The average Bonchev–Trinajstić information content (AvgIpc) is 2.70. The fourth-order valence-electron chi connectivity index (χ4n) is 2.54. The second-order valence-corrected chi connectivity index (χ2v) is 7.09. The summed E-state index contributed by atoms with van der Waals surface area (Å²) in [6.07, 6.45) is 0. The molecule has 2 aromatic carbocycles. The van der Waals surface area contributed by atoms with Crippen molar-refractivity contribution in [2.75, 3.05) is 19.2 Å². The molecule has 2 aromatic rings. The van der Waals surface area contributed by atoms with Crippen molar-refractivity contribution in [2.45, 2.75) is 19.9 Å². The topological polar surface area (TPSA) is 120 Å². The molecule has 0 spiro atoms. The van der Waals surface area contributed by atoms with Gasteiger partial charge >= 0.3 is 0 Å². The second-order valence-electron chi connectivity index (χ2n) is 6.68. The number of methoxy groups -OCH3 is 1. The van der Waals surface area contributed by atoms with E-state index in [4.69, 9.17) is 21.1 Å². The van der Waals surface area contributed by atoms with E-state index in [2.05, 4.69) is 10.6 Å². The molecule has 0 unspecified atom stereocenters. The van der Waals surface area contributed by atoms with Crippen molar-refractivity contribution in [3.05, 3.63) is 63.2 Å². The van der Waals surface area contributed by atoms with Crippen molar-refractivity contribution < 1.29 is 24.0 Å². The van der Waals surface area contributed by atoms with Crippen molar-refractivity contribution in [2.24, 2.45) is 5.92 Å². The molecule has 160 valence electrons. The number of carbonyl (C=O) groups excluding carboxylic acids is 2. The molecule has 0 saturated carbocycles. The predicted molar refractivity (Wildman–Crippen MR) is 112 cm³/mol. The molecule has 0 aliphatic rings. The van der Waals surface area contributed by atoms with Crippen LogP contribution in [-0.2, 0) is 9.53 Å². The van der Waals surface area contributed by atoms with Crippen LogP contribution in [-0.4, -0.2) is 36.7 Å². The first kappa shape index (κ1) is 23.1. The zero-order chi connectivity index (χ0) is 22.3. The van der Waals surface area contributed by atoms with Crippen LogP contribution in [0.4, 0.5) is 11.4 Å². The Morgan fingerprint density at radius 2 is 1.83 bits per heavy atom. The molecule has 30 heavy (non-hydrogen) atoms. The van der Waals surface area contributed by atoms with E-state index in [1.807, 2.05) is 0 Å². The zero-order valence-corrected chi connectivity index (χ0v) is 17.4. The van der Waals surface area contributed by atoms with Gasteiger partial charge in [-0.05, 0) is 36.2 Å². The largest absolute Gasteiger partial charge is 0.468 e. The molecule has 0 saturated heterocycles. The third kappa shape index (κ3) is 6.16. The Morgan fingerprint density at radius 1 is 1.17 bits per heavy atom. The molecule has 2 amide bonds. The number of ether oxygens (including phenoxy) is 2. The number of hydrogen-bond acceptors (Lipinski definition) is 6. The Kier molecular flexibility index (Phi) is 8.14. The highest BCUT2D eigenvalue weighted by atomic mass is 35.5. The summed E-state index contributed by atoms with van der Waals surface area (Å²) >= 11 is 6.01. The highest BCUT2D eigenvalue weighted by molar-refractivity contribution is 6.34. The molecule has 1 atom stereocenters. The number of nitrogens with zero attached hydrogens (tertiary/aromatic N) is 1. The lowest BCUT2D eigenvalue weighted by atomic mass is 10.0. The number of amides is 2. The maximum absolute atomic E-state index is 12.7. The van der Waals surface area contributed by atoms with Gasteiger partial charge in [0.15, 0.2) is 6.79 Å². The van der Waals surface area contributed by atoms with Gasteiger partial charge in [-0.15, -0.1) is 0 Å². The smallest absolute Gasteiger partial charge is 0.270 e. The van der Waals surface area contributed by atoms with E-state index >= 15 is 0 Å². The van der Waals surface area contributed by atoms with Crippen LogP contribution in [0.25, 0.3) is 0 Å². The maximum atomic E-state index is 12.7. The minimum absolute atomic E-state index is 0.0420. The van der Waals surface area contributed by atoms with Crippen molar-refractivity contribution in [3.8, 4) is 5.75 Å². The van der Waals surface area contributed by atoms with Crippen molar-refractivity contribution in [1.29, 1.82) is 0 Å². The fraction of sp³-hybridized carbons (Fsp3) is 0.300. The van der Waals surface area contributed by atoms with Gasteiger partial charge in [-0.3, -0.25) is 19.7 Å². The average molecular weight is 436 g/mol. The number of non-ortho nitro benzene ring substituents is 1. The molecule has 10 heteroatoms. The monoisotopic (exact) mass is 435 g/mol. The summed E-state index contributed by atoms with van der Waals surface area (Å²) in [4.78, 5) is 35.5. The molecule has 0 bridgehead atoms. The van der Waals surface area contributed by atoms with E-state index in [0.717, 1.165) is 6.07 Å². The summed E-state index contributed by atoms with van der Waals surface area (Å²) < 4.78 is 10.1. The summed E-state index contributed by atoms with van der Waals surface area (Å²) in [6, 6.07) is 9.34. The summed E-state index contributed by atoms with van der Waals surface area (Å²) in [5.41, 5.74) is 0.339. The molecule has 0 heterocycles. The molecular formula is C20H22ClN3O6. The van der Waals surface area contributed by atoms with Crippen LogP contribution in [0.1, 0.15) is 24.2 Å². The van der Waals surface area contributed by atoms with Crippen LogP contribution in [0, 0.1) is 16.0 Å². The number of nitro groups is 1. The third-order valence-electron chi connectivity index (χ3n) is 4.11. The minimum atomic E-state index is -0.854. The van der Waals surface area contributed by atoms with Gasteiger partial charge in [0.2, 0.25) is 5.91 Å². The van der Waals surface area contributed by atoms with Gasteiger partial charge in [0.1, 0.15) is 11.8 Å². The lowest BCUT2D eigenvalue weighted by Crippen LogP contribution is -2.47. The minimum Gasteiger partial charge on any atom is -0.468 e. The first-order valence-corrected chi connectivity index (χ1v) is 9.38. The number of benzene rings is 2. The van der Waals surface area contributed by atoms with E-state index in [1.54, 1.807) is 38.1 Å². The van der Waals surface area contributed by atoms with Crippen molar-refractivity contribution in [1.82, 2.24) is 5.32 Å². The first-order valence-electron chi connectivity index (χ1n) is 9.00.